The highest BCUT2D eigenvalue weighted by molar-refractivity contribution is 6.02. The van der Waals surface area contributed by atoms with Gasteiger partial charge >= 0.3 is 5.97 Å². The van der Waals surface area contributed by atoms with Crippen molar-refractivity contribution in [2.24, 2.45) is 5.73 Å². The molecule has 0 radical (unpaired) electrons. The highest BCUT2D eigenvalue weighted by atomic mass is 16.4. The number of primary amides is 1. The number of aromatic hydroxyl groups is 1. The van der Waals surface area contributed by atoms with Crippen LogP contribution in [0.15, 0.2) is 66.7 Å². The van der Waals surface area contributed by atoms with E-state index in [9.17, 15) is 14.7 Å². The van der Waals surface area contributed by atoms with E-state index < -0.39 is 11.9 Å². The molecule has 0 aliphatic carbocycles. The summed E-state index contributed by atoms with van der Waals surface area (Å²) in [4.78, 5) is 21.1. The Morgan fingerprint density at radius 1 is 0.885 bits per heavy atom. The van der Waals surface area contributed by atoms with Crippen molar-refractivity contribution in [2.75, 3.05) is 0 Å². The molecule has 0 unspecified atom stereocenters. The number of phenols is 1. The van der Waals surface area contributed by atoms with Crippen LogP contribution in [-0.2, 0) is 11.2 Å². The zero-order chi connectivity index (χ0) is 18.9. The van der Waals surface area contributed by atoms with Crippen LogP contribution >= 0.6 is 0 Å². The van der Waals surface area contributed by atoms with Crippen molar-refractivity contribution in [3.63, 3.8) is 0 Å². The number of carbonyl (C=O) groups is 2. The van der Waals surface area contributed by atoms with E-state index in [0.29, 0.717) is 5.39 Å². The van der Waals surface area contributed by atoms with Gasteiger partial charge in [-0.15, -0.1) is 0 Å². The van der Waals surface area contributed by atoms with Crippen molar-refractivity contribution in [2.45, 2.75) is 19.3 Å². The lowest BCUT2D eigenvalue weighted by atomic mass is 10.1. The highest BCUT2D eigenvalue weighted by Gasteiger charge is 2.09. The van der Waals surface area contributed by atoms with Crippen molar-refractivity contribution >= 4 is 22.6 Å². The van der Waals surface area contributed by atoms with Gasteiger partial charge in [-0.3, -0.25) is 9.59 Å². The van der Waals surface area contributed by atoms with Crippen LogP contribution in [0.1, 0.15) is 28.8 Å². The largest absolute Gasteiger partial charge is 0.506 e. The molecule has 5 heteroatoms. The first kappa shape index (κ1) is 19.0. The minimum absolute atomic E-state index is 0.0457. The second-order valence-corrected chi connectivity index (χ2v) is 5.78. The standard InChI is InChI=1S/C11H9NO2.C10H12O2/c12-11(14)9-6-5-7-3-1-2-4-8(7)10(9)13;11-10(12)8-4-7-9-5-2-1-3-6-9/h1-6,13H,(H2,12,14);1-3,5-6H,4,7-8H2,(H,11,12). The molecule has 0 aliphatic heterocycles. The summed E-state index contributed by atoms with van der Waals surface area (Å²) in [7, 11) is 0. The maximum absolute atomic E-state index is 10.9. The number of benzene rings is 3. The smallest absolute Gasteiger partial charge is 0.303 e. The van der Waals surface area contributed by atoms with Gasteiger partial charge in [0.2, 0.25) is 0 Å². The molecule has 0 aliphatic rings. The van der Waals surface area contributed by atoms with Gasteiger partial charge in [-0.05, 0) is 29.9 Å². The van der Waals surface area contributed by atoms with Crippen molar-refractivity contribution in [3.05, 3.63) is 77.9 Å². The van der Waals surface area contributed by atoms with E-state index in [0.717, 1.165) is 18.2 Å². The first-order valence-corrected chi connectivity index (χ1v) is 8.25. The lowest BCUT2D eigenvalue weighted by Gasteiger charge is -2.04. The van der Waals surface area contributed by atoms with Gasteiger partial charge in [0.05, 0.1) is 5.56 Å². The molecule has 26 heavy (non-hydrogen) atoms. The van der Waals surface area contributed by atoms with E-state index in [4.69, 9.17) is 10.8 Å². The van der Waals surface area contributed by atoms with Crippen LogP contribution in [-0.4, -0.2) is 22.1 Å². The third kappa shape index (κ3) is 5.34. The second kappa shape index (κ2) is 9.22. The van der Waals surface area contributed by atoms with Crippen molar-refractivity contribution in [1.82, 2.24) is 0 Å². The first-order chi connectivity index (χ1) is 12.5. The Kier molecular flexibility index (Phi) is 6.74. The summed E-state index contributed by atoms with van der Waals surface area (Å²) in [6.45, 7) is 0. The summed E-state index contributed by atoms with van der Waals surface area (Å²) >= 11 is 0. The van der Waals surface area contributed by atoms with Crippen LogP contribution < -0.4 is 5.73 Å². The van der Waals surface area contributed by atoms with Crippen molar-refractivity contribution in [3.8, 4) is 5.75 Å². The summed E-state index contributed by atoms with van der Waals surface area (Å²) in [5.74, 6) is -1.38. The molecule has 0 aromatic heterocycles. The van der Waals surface area contributed by atoms with Crippen LogP contribution in [0.4, 0.5) is 0 Å². The molecule has 0 spiro atoms. The topological polar surface area (TPSA) is 101 Å². The van der Waals surface area contributed by atoms with Gasteiger partial charge in [-0.25, -0.2) is 0 Å². The van der Waals surface area contributed by atoms with Gasteiger partial charge in [0.1, 0.15) is 5.75 Å². The van der Waals surface area contributed by atoms with E-state index in [1.54, 1.807) is 18.2 Å². The van der Waals surface area contributed by atoms with Crippen LogP contribution in [0.2, 0.25) is 0 Å². The number of rotatable bonds is 5. The van der Waals surface area contributed by atoms with Gasteiger partial charge in [0.25, 0.3) is 5.91 Å². The Balaban J connectivity index is 0.000000190. The predicted molar refractivity (Wildman–Crippen MR) is 101 cm³/mol. The van der Waals surface area contributed by atoms with Gasteiger partial charge in [0, 0.05) is 11.8 Å². The highest BCUT2D eigenvalue weighted by Crippen LogP contribution is 2.27. The molecular weight excluding hydrogens is 330 g/mol. The summed E-state index contributed by atoms with van der Waals surface area (Å²) in [6, 6.07) is 20.5. The molecule has 0 heterocycles. The zero-order valence-corrected chi connectivity index (χ0v) is 14.3. The molecule has 0 saturated heterocycles. The fraction of sp³-hybridized carbons (Fsp3) is 0.143. The van der Waals surface area contributed by atoms with E-state index in [-0.39, 0.29) is 17.7 Å². The molecule has 3 rings (SSSR count). The van der Waals surface area contributed by atoms with Crippen molar-refractivity contribution in [1.29, 1.82) is 0 Å². The minimum Gasteiger partial charge on any atom is -0.506 e. The zero-order valence-electron chi connectivity index (χ0n) is 14.3. The molecule has 134 valence electrons. The Morgan fingerprint density at radius 3 is 2.19 bits per heavy atom. The molecule has 4 N–H and O–H groups in total. The number of carboxylic acid groups (broad SMARTS) is 1. The lowest BCUT2D eigenvalue weighted by molar-refractivity contribution is -0.137. The van der Waals surface area contributed by atoms with E-state index in [1.165, 1.54) is 11.6 Å². The lowest BCUT2D eigenvalue weighted by Crippen LogP contribution is -2.10. The average molecular weight is 351 g/mol. The molecule has 3 aromatic carbocycles. The van der Waals surface area contributed by atoms with Gasteiger partial charge < -0.3 is 15.9 Å². The first-order valence-electron chi connectivity index (χ1n) is 8.25. The normalized spacial score (nSPS) is 10.0. The van der Waals surface area contributed by atoms with Gasteiger partial charge in [-0.1, -0.05) is 60.7 Å². The molecule has 0 saturated carbocycles. The van der Waals surface area contributed by atoms with E-state index in [1.807, 2.05) is 42.5 Å². The van der Waals surface area contributed by atoms with Crippen LogP contribution in [0.3, 0.4) is 0 Å². The number of fused-ring (bicyclic) bond motifs is 1. The number of carboxylic acids is 1. The molecule has 1 amide bonds. The number of nitrogens with two attached hydrogens (primary N) is 1. The van der Waals surface area contributed by atoms with Crippen LogP contribution in [0.25, 0.3) is 10.8 Å². The Morgan fingerprint density at radius 2 is 1.54 bits per heavy atom. The molecular formula is C21H21NO4. The monoisotopic (exact) mass is 351 g/mol. The van der Waals surface area contributed by atoms with Crippen molar-refractivity contribution < 1.29 is 19.8 Å². The maximum atomic E-state index is 10.9. The number of amides is 1. The number of hydrogen-bond acceptors (Lipinski definition) is 3. The summed E-state index contributed by atoms with van der Waals surface area (Å²) in [6.07, 6.45) is 1.83. The van der Waals surface area contributed by atoms with Crippen LogP contribution in [0.5, 0.6) is 5.75 Å². The predicted octanol–water partition coefficient (Wildman–Crippen LogP) is 3.74. The quantitative estimate of drug-likeness (QED) is 0.652. The summed E-state index contributed by atoms with van der Waals surface area (Å²) in [5, 5.41) is 19.6. The second-order valence-electron chi connectivity index (χ2n) is 5.78. The summed E-state index contributed by atoms with van der Waals surface area (Å²) < 4.78 is 0. The third-order valence-corrected chi connectivity index (χ3v) is 3.86. The number of aliphatic carboxylic acids is 1. The van der Waals surface area contributed by atoms with Gasteiger partial charge in [0.15, 0.2) is 0 Å². The third-order valence-electron chi connectivity index (χ3n) is 3.86. The average Bonchev–Trinajstić information content (AvgIpc) is 2.63. The molecule has 0 bridgehead atoms. The number of hydrogen-bond donors (Lipinski definition) is 3. The maximum Gasteiger partial charge on any atom is 0.303 e. The van der Waals surface area contributed by atoms with E-state index in [2.05, 4.69) is 0 Å². The Hall–Kier alpha value is -3.34. The summed E-state index contributed by atoms with van der Waals surface area (Å²) in [5.41, 5.74) is 6.47. The molecule has 5 nitrogen and oxygen atoms in total. The minimum atomic E-state index is -0.717. The fourth-order valence-electron chi connectivity index (χ4n) is 2.54. The van der Waals surface area contributed by atoms with Gasteiger partial charge in [-0.2, -0.15) is 0 Å². The van der Waals surface area contributed by atoms with Crippen LogP contribution in [0, 0.1) is 0 Å². The SMILES string of the molecule is NC(=O)c1ccc2ccccc2c1O.O=C(O)CCCc1ccccc1. The number of aryl methyl sites for hydroxylation is 1. The number of carbonyl (C=O) groups excluding carboxylic acids is 1. The molecule has 0 fully saturated rings. The molecule has 3 aromatic rings. The fourth-order valence-corrected chi connectivity index (χ4v) is 2.54. The Bertz CT molecular complexity index is 891. The van der Waals surface area contributed by atoms with E-state index >= 15 is 0 Å². The molecule has 0 atom stereocenters. The Labute approximate surface area is 151 Å².